The van der Waals surface area contributed by atoms with Gasteiger partial charge < -0.3 is 9.14 Å². The van der Waals surface area contributed by atoms with Crippen molar-refractivity contribution in [2.45, 2.75) is 31.8 Å². The molecule has 94 valence electrons. The largest absolute Gasteiger partial charge is 0.378 e. The molecule has 3 heterocycles. The van der Waals surface area contributed by atoms with Crippen molar-refractivity contribution in [1.82, 2.24) is 9.38 Å². The summed E-state index contributed by atoms with van der Waals surface area (Å²) in [7, 11) is 0. The minimum Gasteiger partial charge on any atom is -0.378 e. The molecule has 4 heteroatoms. The van der Waals surface area contributed by atoms with Gasteiger partial charge >= 0.3 is 0 Å². The number of imidazole rings is 1. The molecule has 0 bridgehead atoms. The maximum absolute atomic E-state index is 10.7. The van der Waals surface area contributed by atoms with Gasteiger partial charge in [0, 0.05) is 31.0 Å². The second-order valence-corrected chi connectivity index (χ2v) is 4.77. The van der Waals surface area contributed by atoms with Crippen molar-refractivity contribution in [2.24, 2.45) is 0 Å². The third-order valence-corrected chi connectivity index (χ3v) is 3.37. The Bertz CT molecular complexity index is 556. The Morgan fingerprint density at radius 1 is 1.39 bits per heavy atom. The van der Waals surface area contributed by atoms with Crippen LogP contribution in [0.1, 0.15) is 35.3 Å². The lowest BCUT2D eigenvalue weighted by Crippen LogP contribution is -2.21. The van der Waals surface area contributed by atoms with Crippen molar-refractivity contribution in [1.29, 1.82) is 0 Å². The number of pyridine rings is 1. The fourth-order valence-corrected chi connectivity index (χ4v) is 2.43. The molecule has 1 atom stereocenters. The Balaban J connectivity index is 1.81. The van der Waals surface area contributed by atoms with Crippen LogP contribution in [0.2, 0.25) is 0 Å². The first-order chi connectivity index (χ1) is 8.85. The first-order valence-electron chi connectivity index (χ1n) is 6.39. The molecule has 0 aliphatic carbocycles. The van der Waals surface area contributed by atoms with Gasteiger partial charge in [-0.25, -0.2) is 4.98 Å². The van der Waals surface area contributed by atoms with Crippen molar-refractivity contribution < 1.29 is 9.53 Å². The summed E-state index contributed by atoms with van der Waals surface area (Å²) in [5.74, 6) is 0. The zero-order chi connectivity index (χ0) is 12.4. The van der Waals surface area contributed by atoms with E-state index < -0.39 is 0 Å². The van der Waals surface area contributed by atoms with Crippen molar-refractivity contribution >= 4 is 11.9 Å². The summed E-state index contributed by atoms with van der Waals surface area (Å²) in [5, 5.41) is 0. The quantitative estimate of drug-likeness (QED) is 0.778. The van der Waals surface area contributed by atoms with Crippen LogP contribution >= 0.6 is 0 Å². The predicted octanol–water partition coefficient (Wildman–Crippen LogP) is 2.26. The summed E-state index contributed by atoms with van der Waals surface area (Å²) in [6.07, 6.45) is 9.34. The van der Waals surface area contributed by atoms with Gasteiger partial charge in [0.2, 0.25) is 0 Å². The van der Waals surface area contributed by atoms with Gasteiger partial charge in [0.1, 0.15) is 5.65 Å². The molecular weight excluding hydrogens is 228 g/mol. The highest BCUT2D eigenvalue weighted by Crippen LogP contribution is 2.17. The maximum Gasteiger partial charge on any atom is 0.151 e. The molecule has 1 fully saturated rings. The number of ether oxygens (including phenoxy) is 1. The van der Waals surface area contributed by atoms with Crippen molar-refractivity contribution in [3.05, 3.63) is 35.8 Å². The third kappa shape index (κ3) is 2.29. The average Bonchev–Trinajstić information content (AvgIpc) is 2.80. The lowest BCUT2D eigenvalue weighted by atomic mass is 10.1. The van der Waals surface area contributed by atoms with E-state index in [0.29, 0.717) is 11.7 Å². The van der Waals surface area contributed by atoms with E-state index in [4.69, 9.17) is 4.74 Å². The predicted molar refractivity (Wildman–Crippen MR) is 67.9 cm³/mol. The Labute approximate surface area is 106 Å². The Kier molecular flexibility index (Phi) is 3.11. The van der Waals surface area contributed by atoms with Crippen LogP contribution in [0, 0.1) is 0 Å². The number of aldehydes is 1. The minimum atomic E-state index is 0.300. The van der Waals surface area contributed by atoms with Crippen LogP contribution in [0.5, 0.6) is 0 Å². The monoisotopic (exact) mass is 244 g/mol. The summed E-state index contributed by atoms with van der Waals surface area (Å²) in [4.78, 5) is 15.3. The van der Waals surface area contributed by atoms with E-state index in [1.54, 1.807) is 12.3 Å². The molecule has 0 amide bonds. The van der Waals surface area contributed by atoms with E-state index in [9.17, 15) is 4.79 Å². The van der Waals surface area contributed by atoms with Crippen LogP contribution in [-0.4, -0.2) is 28.4 Å². The van der Waals surface area contributed by atoms with Gasteiger partial charge in [-0.15, -0.1) is 0 Å². The number of aromatic nitrogens is 2. The van der Waals surface area contributed by atoms with Crippen LogP contribution in [0.25, 0.3) is 5.65 Å². The van der Waals surface area contributed by atoms with Gasteiger partial charge in [-0.05, 0) is 31.4 Å². The number of carbonyl (C=O) groups is 1. The summed E-state index contributed by atoms with van der Waals surface area (Å²) in [5.41, 5.74) is 2.58. The molecule has 1 aliphatic heterocycles. The standard InChI is InChI=1S/C14H16N2O2/c17-10-11-4-5-14-15-12(9-16(14)8-11)7-13-3-1-2-6-18-13/h4-5,8-10,13H,1-3,6-7H2. The van der Waals surface area contributed by atoms with E-state index in [2.05, 4.69) is 4.98 Å². The minimum absolute atomic E-state index is 0.300. The summed E-state index contributed by atoms with van der Waals surface area (Å²) in [6, 6.07) is 3.66. The van der Waals surface area contributed by atoms with Crippen molar-refractivity contribution in [3.8, 4) is 0 Å². The Morgan fingerprint density at radius 3 is 3.11 bits per heavy atom. The normalized spacial score (nSPS) is 20.1. The SMILES string of the molecule is O=Cc1ccc2nc(CC3CCCCO3)cn2c1. The lowest BCUT2D eigenvalue weighted by molar-refractivity contribution is 0.0163. The molecule has 0 N–H and O–H groups in total. The molecule has 2 aromatic rings. The molecule has 1 saturated heterocycles. The summed E-state index contributed by atoms with van der Waals surface area (Å²) in [6.45, 7) is 0.868. The van der Waals surface area contributed by atoms with Crippen LogP contribution in [0.3, 0.4) is 0 Å². The van der Waals surface area contributed by atoms with Gasteiger partial charge in [-0.2, -0.15) is 0 Å². The molecular formula is C14H16N2O2. The zero-order valence-electron chi connectivity index (χ0n) is 10.2. The molecule has 1 unspecified atom stereocenters. The lowest BCUT2D eigenvalue weighted by Gasteiger charge is -2.21. The maximum atomic E-state index is 10.7. The van der Waals surface area contributed by atoms with Gasteiger partial charge in [0.25, 0.3) is 0 Å². The Morgan fingerprint density at radius 2 is 2.33 bits per heavy atom. The van der Waals surface area contributed by atoms with E-state index in [1.165, 1.54) is 12.8 Å². The third-order valence-electron chi connectivity index (χ3n) is 3.37. The van der Waals surface area contributed by atoms with E-state index in [-0.39, 0.29) is 0 Å². The van der Waals surface area contributed by atoms with Crippen LogP contribution in [0.15, 0.2) is 24.5 Å². The zero-order valence-corrected chi connectivity index (χ0v) is 10.2. The topological polar surface area (TPSA) is 43.6 Å². The smallest absolute Gasteiger partial charge is 0.151 e. The number of hydrogen-bond acceptors (Lipinski definition) is 3. The van der Waals surface area contributed by atoms with Gasteiger partial charge in [-0.3, -0.25) is 4.79 Å². The molecule has 0 saturated carbocycles. The molecule has 0 aromatic carbocycles. The number of hydrogen-bond donors (Lipinski definition) is 0. The summed E-state index contributed by atoms with van der Waals surface area (Å²) < 4.78 is 7.62. The van der Waals surface area contributed by atoms with E-state index in [0.717, 1.165) is 37.1 Å². The second kappa shape index (κ2) is 4.90. The molecule has 2 aromatic heterocycles. The molecule has 0 spiro atoms. The molecule has 1 aliphatic rings. The van der Waals surface area contributed by atoms with Crippen LogP contribution in [-0.2, 0) is 11.2 Å². The van der Waals surface area contributed by atoms with Gasteiger partial charge in [0.05, 0.1) is 11.8 Å². The first kappa shape index (κ1) is 11.4. The molecule has 3 rings (SSSR count). The average molecular weight is 244 g/mol. The molecule has 18 heavy (non-hydrogen) atoms. The number of fused-ring (bicyclic) bond motifs is 1. The number of carbonyl (C=O) groups excluding carboxylic acids is 1. The van der Waals surface area contributed by atoms with Crippen molar-refractivity contribution in [2.75, 3.05) is 6.61 Å². The van der Waals surface area contributed by atoms with E-state index >= 15 is 0 Å². The molecule has 4 nitrogen and oxygen atoms in total. The fraction of sp³-hybridized carbons (Fsp3) is 0.429. The second-order valence-electron chi connectivity index (χ2n) is 4.77. The molecule has 0 radical (unpaired) electrons. The number of nitrogens with zero attached hydrogens (tertiary/aromatic N) is 2. The fourth-order valence-electron chi connectivity index (χ4n) is 2.43. The number of rotatable bonds is 3. The van der Waals surface area contributed by atoms with Gasteiger partial charge in [0.15, 0.2) is 6.29 Å². The highest BCUT2D eigenvalue weighted by molar-refractivity contribution is 5.74. The van der Waals surface area contributed by atoms with Crippen molar-refractivity contribution in [3.63, 3.8) is 0 Å². The highest BCUT2D eigenvalue weighted by Gasteiger charge is 2.15. The van der Waals surface area contributed by atoms with Gasteiger partial charge in [-0.1, -0.05) is 0 Å². The Hall–Kier alpha value is -1.68. The highest BCUT2D eigenvalue weighted by atomic mass is 16.5. The van der Waals surface area contributed by atoms with Crippen LogP contribution in [0.4, 0.5) is 0 Å². The summed E-state index contributed by atoms with van der Waals surface area (Å²) >= 11 is 0. The van der Waals surface area contributed by atoms with Crippen LogP contribution < -0.4 is 0 Å². The first-order valence-corrected chi connectivity index (χ1v) is 6.39. The van der Waals surface area contributed by atoms with E-state index in [1.807, 2.05) is 16.7 Å².